The first-order chi connectivity index (χ1) is 4.88. The fourth-order valence-corrected chi connectivity index (χ4v) is 0.825. The monoisotopic (exact) mass is 184 g/mol. The smallest absolute Gasteiger partial charge is 0.297 e. The van der Waals surface area contributed by atoms with Crippen molar-refractivity contribution in [3.05, 3.63) is 0 Å². The second kappa shape index (κ2) is 3.77. The molecule has 0 bridgehead atoms. The van der Waals surface area contributed by atoms with Crippen LogP contribution in [0.25, 0.3) is 0 Å². The molecule has 0 heterocycles. The third-order valence-electron chi connectivity index (χ3n) is 1.11. The third kappa shape index (κ3) is 4.05. The Morgan fingerprint density at radius 2 is 2.09 bits per heavy atom. The maximum absolute atomic E-state index is 12.3. The van der Waals surface area contributed by atoms with Crippen LogP contribution in [0.4, 0.5) is 4.39 Å². The van der Waals surface area contributed by atoms with Gasteiger partial charge in [-0.2, -0.15) is 8.42 Å². The zero-order valence-electron chi connectivity index (χ0n) is 5.95. The van der Waals surface area contributed by atoms with Gasteiger partial charge in [0.1, 0.15) is 5.78 Å². The third-order valence-corrected chi connectivity index (χ3v) is 1.92. The first-order valence-corrected chi connectivity index (χ1v) is 4.50. The van der Waals surface area contributed by atoms with Crippen molar-refractivity contribution in [1.29, 1.82) is 0 Å². The van der Waals surface area contributed by atoms with E-state index in [9.17, 15) is 17.6 Å². The molecule has 0 aromatic carbocycles. The number of carbonyl (C=O) groups is 1. The van der Waals surface area contributed by atoms with E-state index in [0.717, 1.165) is 0 Å². The van der Waals surface area contributed by atoms with Crippen molar-refractivity contribution < 1.29 is 22.2 Å². The van der Waals surface area contributed by atoms with Crippen LogP contribution in [0.2, 0.25) is 0 Å². The second-order valence-corrected chi connectivity index (χ2v) is 3.56. The van der Waals surface area contributed by atoms with Gasteiger partial charge in [-0.05, 0) is 0 Å². The summed E-state index contributed by atoms with van der Waals surface area (Å²) in [6.07, 6.45) is -0.703. The highest BCUT2D eigenvalue weighted by Gasteiger charge is 2.23. The van der Waals surface area contributed by atoms with E-state index < -0.39 is 27.8 Å². The number of halogens is 1. The molecule has 0 aromatic heterocycles. The van der Waals surface area contributed by atoms with Crippen LogP contribution in [-0.2, 0) is 14.9 Å². The zero-order valence-corrected chi connectivity index (χ0v) is 6.77. The van der Waals surface area contributed by atoms with Gasteiger partial charge in [0.15, 0.2) is 0 Å². The summed E-state index contributed by atoms with van der Waals surface area (Å²) in [5.74, 6) is -0.532. The van der Waals surface area contributed by atoms with Gasteiger partial charge in [-0.1, -0.05) is 6.92 Å². The molecule has 0 saturated heterocycles. The van der Waals surface area contributed by atoms with Crippen molar-refractivity contribution in [1.82, 2.24) is 0 Å². The lowest BCUT2D eigenvalue weighted by atomic mass is 10.2. The van der Waals surface area contributed by atoms with Crippen molar-refractivity contribution in [3.8, 4) is 0 Å². The average Bonchev–Trinajstić information content (AvgIpc) is 1.85. The molecule has 0 spiro atoms. The van der Waals surface area contributed by atoms with E-state index in [-0.39, 0.29) is 6.42 Å². The molecule has 0 fully saturated rings. The van der Waals surface area contributed by atoms with Gasteiger partial charge in [0.25, 0.3) is 10.1 Å². The largest absolute Gasteiger partial charge is 0.300 e. The summed E-state index contributed by atoms with van der Waals surface area (Å²) in [5, 5.41) is 0. The minimum Gasteiger partial charge on any atom is -0.300 e. The molecule has 4 nitrogen and oxygen atoms in total. The Bertz CT molecular complexity index is 233. The van der Waals surface area contributed by atoms with Crippen LogP contribution >= 0.6 is 0 Å². The molecule has 1 N–H and O–H groups in total. The van der Waals surface area contributed by atoms with Gasteiger partial charge in [-0.25, -0.2) is 4.39 Å². The Morgan fingerprint density at radius 3 is 2.36 bits per heavy atom. The molecule has 66 valence electrons. The topological polar surface area (TPSA) is 71.4 Å². The van der Waals surface area contributed by atoms with Crippen LogP contribution in [0.3, 0.4) is 0 Å². The van der Waals surface area contributed by atoms with Gasteiger partial charge in [-0.3, -0.25) is 9.35 Å². The van der Waals surface area contributed by atoms with Crippen LogP contribution < -0.4 is 0 Å². The molecule has 0 amide bonds. The van der Waals surface area contributed by atoms with E-state index in [0.29, 0.717) is 0 Å². The average molecular weight is 184 g/mol. The summed E-state index contributed by atoms with van der Waals surface area (Å²) in [7, 11) is -4.70. The van der Waals surface area contributed by atoms with Crippen LogP contribution in [0.1, 0.15) is 19.8 Å². The van der Waals surface area contributed by atoms with E-state index in [1.54, 1.807) is 0 Å². The van der Waals surface area contributed by atoms with Gasteiger partial charge >= 0.3 is 0 Å². The first-order valence-electron chi connectivity index (χ1n) is 3.00. The quantitative estimate of drug-likeness (QED) is 0.647. The molecule has 0 saturated carbocycles. The number of ketones is 1. The molecular formula is C5H9FO4S. The summed E-state index contributed by atoms with van der Waals surface area (Å²) in [6.45, 7) is 1.49. The Kier molecular flexibility index (Phi) is 3.61. The normalized spacial score (nSPS) is 14.5. The lowest BCUT2D eigenvalue weighted by Gasteiger charge is -2.01. The second-order valence-electron chi connectivity index (χ2n) is 2.02. The highest BCUT2D eigenvalue weighted by Crippen LogP contribution is 2.07. The molecule has 1 atom stereocenters. The van der Waals surface area contributed by atoms with Gasteiger partial charge in [0, 0.05) is 6.42 Å². The van der Waals surface area contributed by atoms with Crippen molar-refractivity contribution in [3.63, 3.8) is 0 Å². The van der Waals surface area contributed by atoms with Gasteiger partial charge in [0.05, 0.1) is 6.42 Å². The number of hydrogen-bond donors (Lipinski definition) is 1. The lowest BCUT2D eigenvalue weighted by Crippen LogP contribution is -2.18. The van der Waals surface area contributed by atoms with Crippen molar-refractivity contribution in [2.45, 2.75) is 25.3 Å². The number of alkyl halides is 1. The molecule has 0 aliphatic carbocycles. The van der Waals surface area contributed by atoms with Crippen molar-refractivity contribution in [2.24, 2.45) is 0 Å². The van der Waals surface area contributed by atoms with Gasteiger partial charge in [0.2, 0.25) is 5.50 Å². The molecule has 11 heavy (non-hydrogen) atoms. The lowest BCUT2D eigenvalue weighted by molar-refractivity contribution is -0.119. The van der Waals surface area contributed by atoms with Gasteiger partial charge < -0.3 is 0 Å². The fourth-order valence-electron chi connectivity index (χ4n) is 0.429. The minimum absolute atomic E-state index is 0.0654. The summed E-state index contributed by atoms with van der Waals surface area (Å²) in [4.78, 5) is 10.5. The van der Waals surface area contributed by atoms with Crippen molar-refractivity contribution >= 4 is 15.9 Å². The molecule has 0 rings (SSSR count). The molecule has 0 aliphatic rings. The van der Waals surface area contributed by atoms with E-state index >= 15 is 0 Å². The Labute approximate surface area is 64.2 Å². The molecule has 0 aromatic rings. The van der Waals surface area contributed by atoms with Crippen LogP contribution in [0.5, 0.6) is 0 Å². The summed E-state index contributed by atoms with van der Waals surface area (Å²) < 4.78 is 40.4. The molecule has 6 heteroatoms. The van der Waals surface area contributed by atoms with E-state index in [1.807, 2.05) is 0 Å². The Hall–Kier alpha value is -0.490. The highest BCUT2D eigenvalue weighted by molar-refractivity contribution is 7.86. The summed E-state index contributed by atoms with van der Waals surface area (Å²) in [5.41, 5.74) is -2.48. The van der Waals surface area contributed by atoms with Crippen molar-refractivity contribution in [2.75, 3.05) is 0 Å². The SMILES string of the molecule is CCC(=O)CC(F)S(=O)(=O)O. The van der Waals surface area contributed by atoms with Crippen LogP contribution in [0.15, 0.2) is 0 Å². The number of carbonyl (C=O) groups excluding carboxylic acids is 1. The minimum atomic E-state index is -4.70. The molecule has 1 unspecified atom stereocenters. The predicted octanol–water partition coefficient (Wildman–Crippen LogP) is 0.539. The fraction of sp³-hybridized carbons (Fsp3) is 0.800. The zero-order chi connectivity index (χ0) is 9.07. The summed E-state index contributed by atoms with van der Waals surface area (Å²) >= 11 is 0. The number of rotatable bonds is 4. The standard InChI is InChI=1S/C5H9FO4S/c1-2-4(7)3-5(6)11(8,9)10/h5H,2-3H2,1H3,(H,8,9,10). The number of Topliss-reactive ketones (excluding diaryl/α,β-unsaturated/α-hetero) is 1. The maximum Gasteiger partial charge on any atom is 0.297 e. The molecular weight excluding hydrogens is 175 g/mol. The van der Waals surface area contributed by atoms with E-state index in [2.05, 4.69) is 0 Å². The number of hydrogen-bond acceptors (Lipinski definition) is 3. The molecule has 0 aliphatic heterocycles. The van der Waals surface area contributed by atoms with E-state index in [1.165, 1.54) is 6.92 Å². The van der Waals surface area contributed by atoms with Gasteiger partial charge in [-0.15, -0.1) is 0 Å². The Balaban J connectivity index is 4.10. The highest BCUT2D eigenvalue weighted by atomic mass is 32.2. The molecule has 0 radical (unpaired) electrons. The first kappa shape index (κ1) is 10.5. The predicted molar refractivity (Wildman–Crippen MR) is 36.4 cm³/mol. The van der Waals surface area contributed by atoms with Crippen LogP contribution in [-0.4, -0.2) is 24.3 Å². The Morgan fingerprint density at radius 1 is 1.64 bits per heavy atom. The van der Waals surface area contributed by atoms with E-state index in [4.69, 9.17) is 4.55 Å². The van der Waals surface area contributed by atoms with Crippen LogP contribution in [0, 0.1) is 0 Å². The summed E-state index contributed by atoms with van der Waals surface area (Å²) in [6, 6.07) is 0. The maximum atomic E-state index is 12.3.